The highest BCUT2D eigenvalue weighted by Crippen LogP contribution is 2.27. The van der Waals surface area contributed by atoms with E-state index in [0.29, 0.717) is 17.1 Å². The highest BCUT2D eigenvalue weighted by molar-refractivity contribution is 8.00. The number of amides is 1. The van der Waals surface area contributed by atoms with E-state index in [0.717, 1.165) is 10.6 Å². The number of para-hydroxylation sites is 1. The van der Waals surface area contributed by atoms with Gasteiger partial charge in [0.15, 0.2) is 0 Å². The topological polar surface area (TPSA) is 84.5 Å². The van der Waals surface area contributed by atoms with Crippen molar-refractivity contribution in [3.05, 3.63) is 109 Å². The van der Waals surface area contributed by atoms with Gasteiger partial charge in [0, 0.05) is 16.3 Å². The first-order chi connectivity index (χ1) is 16.9. The van der Waals surface area contributed by atoms with Gasteiger partial charge >= 0.3 is 0 Å². The molecule has 0 aliphatic rings. The molecule has 4 aromatic carbocycles. The molecule has 0 spiro atoms. The lowest BCUT2D eigenvalue weighted by molar-refractivity contribution is -0.115. The van der Waals surface area contributed by atoms with Gasteiger partial charge in [0.1, 0.15) is 11.5 Å². The molecule has 0 radical (unpaired) electrons. The summed E-state index contributed by atoms with van der Waals surface area (Å²) in [5.74, 6) is 1.29. The van der Waals surface area contributed by atoms with Crippen LogP contribution in [0.15, 0.2) is 119 Å². The molecule has 0 heterocycles. The van der Waals surface area contributed by atoms with Crippen molar-refractivity contribution >= 4 is 39.1 Å². The molecule has 4 aromatic rings. The standard InChI is InChI=1S/C27H24N2O4S2/c1-20(27(30)28-21-12-16-24(17-13-21)33-23-8-4-2-5-9-23)34-25-18-14-22(15-19-25)29-35(31,32)26-10-6-3-7-11-26/h2-20,29H,1H3,(H,28,30). The van der Waals surface area contributed by atoms with Crippen LogP contribution in [0.1, 0.15) is 6.92 Å². The molecule has 0 aliphatic carbocycles. The van der Waals surface area contributed by atoms with Gasteiger partial charge in [-0.25, -0.2) is 8.42 Å². The van der Waals surface area contributed by atoms with Gasteiger partial charge in [-0.15, -0.1) is 11.8 Å². The Morgan fingerprint density at radius 3 is 1.91 bits per heavy atom. The second kappa shape index (κ2) is 11.1. The molecule has 178 valence electrons. The summed E-state index contributed by atoms with van der Waals surface area (Å²) in [7, 11) is -3.65. The van der Waals surface area contributed by atoms with Crippen LogP contribution in [0.2, 0.25) is 0 Å². The second-order valence-electron chi connectivity index (χ2n) is 7.63. The molecule has 1 atom stereocenters. The minimum absolute atomic E-state index is 0.138. The minimum atomic E-state index is -3.65. The van der Waals surface area contributed by atoms with E-state index < -0.39 is 10.0 Å². The fourth-order valence-electron chi connectivity index (χ4n) is 3.15. The first-order valence-corrected chi connectivity index (χ1v) is 13.2. The Labute approximate surface area is 209 Å². The second-order valence-corrected chi connectivity index (χ2v) is 10.7. The highest BCUT2D eigenvalue weighted by Gasteiger charge is 2.16. The Morgan fingerprint density at radius 2 is 1.29 bits per heavy atom. The number of carbonyl (C=O) groups is 1. The van der Waals surface area contributed by atoms with Gasteiger partial charge in [-0.1, -0.05) is 36.4 Å². The van der Waals surface area contributed by atoms with Crippen molar-refractivity contribution in [3.63, 3.8) is 0 Å². The maximum Gasteiger partial charge on any atom is 0.261 e. The highest BCUT2D eigenvalue weighted by atomic mass is 32.2. The molecular weight excluding hydrogens is 480 g/mol. The molecule has 0 aliphatic heterocycles. The monoisotopic (exact) mass is 504 g/mol. The predicted molar refractivity (Wildman–Crippen MR) is 141 cm³/mol. The Balaban J connectivity index is 1.30. The fourth-order valence-corrected chi connectivity index (χ4v) is 5.09. The van der Waals surface area contributed by atoms with E-state index >= 15 is 0 Å². The molecule has 1 amide bonds. The summed E-state index contributed by atoms with van der Waals surface area (Å²) in [6, 6.07) is 31.8. The normalized spacial score (nSPS) is 11.9. The molecule has 0 saturated heterocycles. The zero-order valence-corrected chi connectivity index (χ0v) is 20.6. The number of sulfonamides is 1. The maximum absolute atomic E-state index is 12.6. The summed E-state index contributed by atoms with van der Waals surface area (Å²) in [4.78, 5) is 13.7. The zero-order valence-electron chi connectivity index (χ0n) is 18.9. The molecule has 6 nitrogen and oxygen atoms in total. The average molecular weight is 505 g/mol. The number of benzene rings is 4. The molecule has 1 unspecified atom stereocenters. The Kier molecular flexibility index (Phi) is 7.74. The quantitative estimate of drug-likeness (QED) is 0.258. The van der Waals surface area contributed by atoms with Gasteiger partial charge in [0.2, 0.25) is 5.91 Å². The number of thioether (sulfide) groups is 1. The van der Waals surface area contributed by atoms with Crippen molar-refractivity contribution in [2.45, 2.75) is 22.0 Å². The van der Waals surface area contributed by atoms with Crippen molar-refractivity contribution < 1.29 is 17.9 Å². The van der Waals surface area contributed by atoms with Crippen molar-refractivity contribution in [1.29, 1.82) is 0 Å². The first kappa shape index (κ1) is 24.4. The van der Waals surface area contributed by atoms with Gasteiger partial charge < -0.3 is 10.1 Å². The van der Waals surface area contributed by atoms with E-state index in [9.17, 15) is 13.2 Å². The fraction of sp³-hybridized carbons (Fsp3) is 0.0741. The van der Waals surface area contributed by atoms with Gasteiger partial charge in [-0.05, 0) is 79.7 Å². The van der Waals surface area contributed by atoms with Crippen LogP contribution in [-0.2, 0) is 14.8 Å². The third-order valence-corrected chi connectivity index (χ3v) is 7.45. The van der Waals surface area contributed by atoms with Crippen LogP contribution in [0.5, 0.6) is 11.5 Å². The summed E-state index contributed by atoms with van der Waals surface area (Å²) < 4.78 is 33.3. The molecule has 8 heteroatoms. The summed E-state index contributed by atoms with van der Waals surface area (Å²) in [5.41, 5.74) is 1.13. The molecule has 0 bridgehead atoms. The van der Waals surface area contributed by atoms with Crippen LogP contribution in [0.3, 0.4) is 0 Å². The first-order valence-electron chi connectivity index (χ1n) is 10.9. The van der Waals surface area contributed by atoms with E-state index in [-0.39, 0.29) is 16.1 Å². The molecule has 0 fully saturated rings. The Hall–Kier alpha value is -3.75. The lowest BCUT2D eigenvalue weighted by Crippen LogP contribution is -2.22. The van der Waals surface area contributed by atoms with Crippen molar-refractivity contribution in [2.24, 2.45) is 0 Å². The van der Waals surface area contributed by atoms with Crippen LogP contribution in [-0.4, -0.2) is 19.6 Å². The minimum Gasteiger partial charge on any atom is -0.457 e. The maximum atomic E-state index is 12.6. The van der Waals surface area contributed by atoms with E-state index in [4.69, 9.17) is 4.74 Å². The Morgan fingerprint density at radius 1 is 0.743 bits per heavy atom. The number of anilines is 2. The number of nitrogens with one attached hydrogen (secondary N) is 2. The van der Waals surface area contributed by atoms with Crippen LogP contribution >= 0.6 is 11.8 Å². The number of hydrogen-bond donors (Lipinski definition) is 2. The average Bonchev–Trinajstić information content (AvgIpc) is 2.87. The van der Waals surface area contributed by atoms with E-state index in [1.807, 2.05) is 37.3 Å². The van der Waals surface area contributed by atoms with E-state index in [2.05, 4.69) is 10.0 Å². The number of ether oxygens (including phenoxy) is 1. The van der Waals surface area contributed by atoms with Gasteiger partial charge in [-0.3, -0.25) is 9.52 Å². The molecule has 2 N–H and O–H groups in total. The summed E-state index contributed by atoms with van der Waals surface area (Å²) in [6.07, 6.45) is 0. The number of carbonyl (C=O) groups excluding carboxylic acids is 1. The lowest BCUT2D eigenvalue weighted by Gasteiger charge is -2.13. The van der Waals surface area contributed by atoms with Crippen molar-refractivity contribution in [1.82, 2.24) is 0 Å². The van der Waals surface area contributed by atoms with Crippen molar-refractivity contribution in [2.75, 3.05) is 10.0 Å². The van der Waals surface area contributed by atoms with Crippen LogP contribution in [0, 0.1) is 0 Å². The number of hydrogen-bond acceptors (Lipinski definition) is 5. The van der Waals surface area contributed by atoms with Gasteiger partial charge in [0.25, 0.3) is 10.0 Å². The molecular formula is C27H24N2O4S2. The van der Waals surface area contributed by atoms with Gasteiger partial charge in [0.05, 0.1) is 10.1 Å². The lowest BCUT2D eigenvalue weighted by atomic mass is 10.3. The van der Waals surface area contributed by atoms with Crippen LogP contribution in [0.25, 0.3) is 0 Å². The molecule has 4 rings (SSSR count). The third kappa shape index (κ3) is 6.88. The summed E-state index contributed by atoms with van der Waals surface area (Å²) >= 11 is 1.38. The molecule has 35 heavy (non-hydrogen) atoms. The zero-order chi connectivity index (χ0) is 24.7. The smallest absolute Gasteiger partial charge is 0.261 e. The van der Waals surface area contributed by atoms with E-state index in [1.165, 1.54) is 23.9 Å². The number of rotatable bonds is 9. The third-order valence-electron chi connectivity index (χ3n) is 4.94. The summed E-state index contributed by atoms with van der Waals surface area (Å²) in [5, 5.41) is 2.55. The van der Waals surface area contributed by atoms with Crippen LogP contribution in [0.4, 0.5) is 11.4 Å². The van der Waals surface area contributed by atoms with E-state index in [1.54, 1.807) is 66.7 Å². The molecule has 0 aromatic heterocycles. The largest absolute Gasteiger partial charge is 0.457 e. The Bertz CT molecular complexity index is 1360. The SMILES string of the molecule is CC(Sc1ccc(NS(=O)(=O)c2ccccc2)cc1)C(=O)Nc1ccc(Oc2ccccc2)cc1. The summed E-state index contributed by atoms with van der Waals surface area (Å²) in [6.45, 7) is 1.82. The van der Waals surface area contributed by atoms with Gasteiger partial charge in [-0.2, -0.15) is 0 Å². The molecule has 0 saturated carbocycles. The predicted octanol–water partition coefficient (Wildman–Crippen LogP) is 6.40. The van der Waals surface area contributed by atoms with Crippen molar-refractivity contribution in [3.8, 4) is 11.5 Å². The van der Waals surface area contributed by atoms with Crippen LogP contribution < -0.4 is 14.8 Å².